The van der Waals surface area contributed by atoms with E-state index in [1.54, 1.807) is 24.4 Å². The summed E-state index contributed by atoms with van der Waals surface area (Å²) in [6.07, 6.45) is -1.82. The number of carbonyl (C=O) groups is 1. The summed E-state index contributed by atoms with van der Waals surface area (Å²) in [5.74, 6) is -1.32. The summed E-state index contributed by atoms with van der Waals surface area (Å²) in [6, 6.07) is 6.57. The number of anilines is 1. The van der Waals surface area contributed by atoms with E-state index >= 15 is 0 Å². The average Bonchev–Trinajstić information content (AvgIpc) is 2.37. The number of pyridine rings is 1. The second kappa shape index (κ2) is 4.75. The third-order valence-corrected chi connectivity index (χ3v) is 2.99. The van der Waals surface area contributed by atoms with Crippen LogP contribution in [0.4, 0.5) is 18.9 Å². The van der Waals surface area contributed by atoms with Crippen LogP contribution in [0.3, 0.4) is 0 Å². The van der Waals surface area contributed by atoms with Crippen LogP contribution < -0.4 is 11.1 Å². The van der Waals surface area contributed by atoms with E-state index in [1.165, 1.54) is 12.3 Å². The first kappa shape index (κ1) is 14.3. The van der Waals surface area contributed by atoms with Crippen LogP contribution in [0, 0.1) is 0 Å². The van der Waals surface area contributed by atoms with Crippen molar-refractivity contribution in [3.63, 3.8) is 0 Å². The Hall–Kier alpha value is -2.15. The van der Waals surface area contributed by atoms with Gasteiger partial charge in [-0.3, -0.25) is 9.78 Å². The van der Waals surface area contributed by atoms with Crippen molar-refractivity contribution in [3.05, 3.63) is 36.7 Å². The number of hydrogen-bond donors (Lipinski definition) is 2. The van der Waals surface area contributed by atoms with Crippen LogP contribution in [-0.2, 0) is 4.79 Å². The smallest absolute Gasteiger partial charge is 0.324 e. The van der Waals surface area contributed by atoms with Crippen LogP contribution in [0.15, 0.2) is 36.7 Å². The Kier molecular flexibility index (Phi) is 3.39. The molecule has 0 saturated heterocycles. The molecule has 1 atom stereocenters. The Morgan fingerprint density at radius 3 is 2.65 bits per heavy atom. The lowest BCUT2D eigenvalue weighted by molar-refractivity contribution is -0.184. The fourth-order valence-electron chi connectivity index (χ4n) is 1.60. The fourth-order valence-corrected chi connectivity index (χ4v) is 1.60. The summed E-state index contributed by atoms with van der Waals surface area (Å²) < 4.78 is 38.1. The van der Waals surface area contributed by atoms with Gasteiger partial charge in [-0.25, -0.2) is 0 Å². The molecule has 0 bridgehead atoms. The van der Waals surface area contributed by atoms with E-state index in [1.807, 2.05) is 0 Å². The SMILES string of the molecule is CC(N)(C(=O)Nc1cccc2ccncc12)C(F)(F)F. The number of alkyl halides is 3. The topological polar surface area (TPSA) is 68.0 Å². The number of rotatable bonds is 2. The predicted molar refractivity (Wildman–Crippen MR) is 69.0 cm³/mol. The monoisotopic (exact) mass is 283 g/mol. The molecule has 0 fully saturated rings. The van der Waals surface area contributed by atoms with Crippen LogP contribution in [0.5, 0.6) is 0 Å². The molecule has 106 valence electrons. The van der Waals surface area contributed by atoms with Crippen molar-refractivity contribution in [1.82, 2.24) is 4.98 Å². The standard InChI is InChI=1S/C13H12F3N3O/c1-12(17,13(14,15)16)11(20)19-10-4-2-3-8-5-6-18-7-9(8)10/h2-7H,17H2,1H3,(H,19,20). The normalized spacial score (nSPS) is 14.8. The minimum Gasteiger partial charge on any atom is -0.324 e. The number of nitrogens with one attached hydrogen (secondary N) is 1. The number of aromatic nitrogens is 1. The van der Waals surface area contributed by atoms with Crippen LogP contribution in [-0.4, -0.2) is 22.6 Å². The molecule has 0 aliphatic heterocycles. The number of hydrogen-bond acceptors (Lipinski definition) is 3. The fraction of sp³-hybridized carbons (Fsp3) is 0.231. The Labute approximate surface area is 112 Å². The van der Waals surface area contributed by atoms with E-state index in [0.717, 1.165) is 5.39 Å². The van der Waals surface area contributed by atoms with Gasteiger partial charge in [-0.15, -0.1) is 0 Å². The molecule has 3 N–H and O–H groups in total. The summed E-state index contributed by atoms with van der Waals surface area (Å²) in [5, 5.41) is 3.50. The van der Waals surface area contributed by atoms with E-state index in [0.29, 0.717) is 12.3 Å². The second-order valence-corrected chi connectivity index (χ2v) is 4.56. The lowest BCUT2D eigenvalue weighted by atomic mass is 10.0. The molecule has 2 rings (SSSR count). The number of nitrogens with zero attached hydrogens (tertiary/aromatic N) is 1. The zero-order valence-corrected chi connectivity index (χ0v) is 10.5. The van der Waals surface area contributed by atoms with Gasteiger partial charge < -0.3 is 11.1 Å². The van der Waals surface area contributed by atoms with Gasteiger partial charge in [-0.2, -0.15) is 13.2 Å². The maximum absolute atomic E-state index is 12.7. The van der Waals surface area contributed by atoms with E-state index in [2.05, 4.69) is 10.3 Å². The second-order valence-electron chi connectivity index (χ2n) is 4.56. The molecule has 1 heterocycles. The lowest BCUT2D eigenvalue weighted by Crippen LogP contribution is -2.59. The minimum absolute atomic E-state index is 0.238. The quantitative estimate of drug-likeness (QED) is 0.889. The van der Waals surface area contributed by atoms with Gasteiger partial charge in [-0.1, -0.05) is 12.1 Å². The zero-order chi connectivity index (χ0) is 15.0. The van der Waals surface area contributed by atoms with Crippen LogP contribution >= 0.6 is 0 Å². The van der Waals surface area contributed by atoms with Crippen molar-refractivity contribution in [2.75, 3.05) is 5.32 Å². The highest BCUT2D eigenvalue weighted by Crippen LogP contribution is 2.30. The predicted octanol–water partition coefficient (Wildman–Crippen LogP) is 2.45. The van der Waals surface area contributed by atoms with Gasteiger partial charge >= 0.3 is 6.18 Å². The van der Waals surface area contributed by atoms with Crippen molar-refractivity contribution in [3.8, 4) is 0 Å². The van der Waals surface area contributed by atoms with Crippen molar-refractivity contribution in [2.24, 2.45) is 5.73 Å². The molecule has 1 aromatic carbocycles. The van der Waals surface area contributed by atoms with Crippen LogP contribution in [0.1, 0.15) is 6.92 Å². The lowest BCUT2D eigenvalue weighted by Gasteiger charge is -2.26. The van der Waals surface area contributed by atoms with Crippen molar-refractivity contribution >= 4 is 22.4 Å². The van der Waals surface area contributed by atoms with Crippen LogP contribution in [0.2, 0.25) is 0 Å². The Balaban J connectivity index is 2.36. The maximum Gasteiger partial charge on any atom is 0.415 e. The zero-order valence-electron chi connectivity index (χ0n) is 10.5. The van der Waals surface area contributed by atoms with E-state index < -0.39 is 17.6 Å². The number of halogens is 3. The molecule has 0 aliphatic rings. The molecule has 2 aromatic rings. The molecule has 0 aliphatic carbocycles. The highest BCUT2D eigenvalue weighted by Gasteiger charge is 2.54. The molecule has 1 amide bonds. The highest BCUT2D eigenvalue weighted by atomic mass is 19.4. The first-order valence-electron chi connectivity index (χ1n) is 5.73. The third kappa shape index (κ3) is 2.44. The number of benzene rings is 1. The van der Waals surface area contributed by atoms with Gasteiger partial charge in [0, 0.05) is 17.8 Å². The number of amides is 1. The van der Waals surface area contributed by atoms with Crippen molar-refractivity contribution < 1.29 is 18.0 Å². The molecular formula is C13H12F3N3O. The molecular weight excluding hydrogens is 271 g/mol. The van der Waals surface area contributed by atoms with Gasteiger partial charge in [0.05, 0.1) is 5.69 Å². The van der Waals surface area contributed by atoms with Crippen LogP contribution in [0.25, 0.3) is 10.8 Å². The van der Waals surface area contributed by atoms with Gasteiger partial charge in [0.25, 0.3) is 5.91 Å². The van der Waals surface area contributed by atoms with E-state index in [9.17, 15) is 18.0 Å². The summed E-state index contributed by atoms with van der Waals surface area (Å²) in [7, 11) is 0. The van der Waals surface area contributed by atoms with Gasteiger partial charge in [0.2, 0.25) is 0 Å². The van der Waals surface area contributed by atoms with Gasteiger partial charge in [0.1, 0.15) is 0 Å². The van der Waals surface area contributed by atoms with Gasteiger partial charge in [0.15, 0.2) is 5.54 Å². The molecule has 1 aromatic heterocycles. The highest BCUT2D eigenvalue weighted by molar-refractivity contribution is 6.05. The Morgan fingerprint density at radius 2 is 2.00 bits per heavy atom. The van der Waals surface area contributed by atoms with E-state index in [4.69, 9.17) is 5.73 Å². The summed E-state index contributed by atoms with van der Waals surface area (Å²) >= 11 is 0. The number of fused-ring (bicyclic) bond motifs is 1. The van der Waals surface area contributed by atoms with Crippen molar-refractivity contribution in [1.29, 1.82) is 0 Å². The largest absolute Gasteiger partial charge is 0.415 e. The van der Waals surface area contributed by atoms with Gasteiger partial charge in [-0.05, 0) is 24.4 Å². The summed E-state index contributed by atoms with van der Waals surface area (Å²) in [5.41, 5.74) is 2.35. The van der Waals surface area contributed by atoms with Crippen molar-refractivity contribution in [2.45, 2.75) is 18.6 Å². The number of carbonyl (C=O) groups excluding carboxylic acids is 1. The molecule has 20 heavy (non-hydrogen) atoms. The average molecular weight is 283 g/mol. The third-order valence-electron chi connectivity index (χ3n) is 2.99. The summed E-state index contributed by atoms with van der Waals surface area (Å²) in [4.78, 5) is 15.6. The first-order chi connectivity index (χ1) is 9.23. The summed E-state index contributed by atoms with van der Waals surface area (Å²) in [6.45, 7) is 0.631. The van der Waals surface area contributed by atoms with E-state index in [-0.39, 0.29) is 5.69 Å². The maximum atomic E-state index is 12.7. The Morgan fingerprint density at radius 1 is 1.30 bits per heavy atom. The number of nitrogens with two attached hydrogens (primary N) is 1. The molecule has 0 saturated carbocycles. The minimum atomic E-state index is -4.83. The molecule has 0 radical (unpaired) electrons. The molecule has 7 heteroatoms. The molecule has 4 nitrogen and oxygen atoms in total. The first-order valence-corrected chi connectivity index (χ1v) is 5.73. The Bertz CT molecular complexity index is 647. The molecule has 0 spiro atoms. The molecule has 1 unspecified atom stereocenters.